The number of rotatable bonds is 7. The molecule has 1 aliphatic heterocycles. The van der Waals surface area contributed by atoms with Gasteiger partial charge in [0.05, 0.1) is 38.7 Å². The fraction of sp³-hybridized carbons (Fsp3) is 0.545. The summed E-state index contributed by atoms with van der Waals surface area (Å²) in [5.74, 6) is 1.23. The van der Waals surface area contributed by atoms with E-state index in [2.05, 4.69) is 10.6 Å². The molecule has 1 heterocycles. The van der Waals surface area contributed by atoms with Crippen LogP contribution in [-0.2, 0) is 16.0 Å². The highest BCUT2D eigenvalue weighted by Crippen LogP contribution is 2.50. The second-order valence-electron chi connectivity index (χ2n) is 12.0. The maximum absolute atomic E-state index is 13.7. The molecule has 3 aliphatic rings. The van der Waals surface area contributed by atoms with Crippen LogP contribution < -0.4 is 30.3 Å². The van der Waals surface area contributed by atoms with Crippen molar-refractivity contribution in [3.05, 3.63) is 45.6 Å². The van der Waals surface area contributed by atoms with Gasteiger partial charge in [-0.05, 0) is 73.9 Å². The van der Waals surface area contributed by atoms with E-state index in [-0.39, 0.29) is 28.8 Å². The molecule has 10 nitrogen and oxygen atoms in total. The van der Waals surface area contributed by atoms with Crippen LogP contribution in [0.2, 0.25) is 0 Å². The number of carbonyl (C=O) groups is 2. The van der Waals surface area contributed by atoms with Crippen molar-refractivity contribution in [2.75, 3.05) is 39.7 Å². The van der Waals surface area contributed by atoms with Crippen LogP contribution in [0.25, 0.3) is 11.1 Å². The van der Waals surface area contributed by atoms with Crippen molar-refractivity contribution in [3.8, 4) is 28.4 Å². The largest absolute Gasteiger partial charge is 0.493 e. The Morgan fingerprint density at radius 1 is 1.05 bits per heavy atom. The first-order chi connectivity index (χ1) is 20.6. The van der Waals surface area contributed by atoms with Gasteiger partial charge < -0.3 is 34.9 Å². The van der Waals surface area contributed by atoms with Gasteiger partial charge in [-0.25, -0.2) is 0 Å². The molecule has 2 aromatic carbocycles. The summed E-state index contributed by atoms with van der Waals surface area (Å²) >= 11 is 0. The lowest BCUT2D eigenvalue weighted by Crippen LogP contribution is -2.56. The van der Waals surface area contributed by atoms with Gasteiger partial charge in [-0.2, -0.15) is 0 Å². The second-order valence-corrected chi connectivity index (χ2v) is 12.0. The van der Waals surface area contributed by atoms with Gasteiger partial charge >= 0.3 is 0 Å². The Bertz CT molecular complexity index is 1460. The molecule has 232 valence electrons. The molecule has 3 N–H and O–H groups in total. The fourth-order valence-electron chi connectivity index (χ4n) is 7.17. The predicted molar refractivity (Wildman–Crippen MR) is 164 cm³/mol. The molecule has 43 heavy (non-hydrogen) atoms. The van der Waals surface area contributed by atoms with Gasteiger partial charge in [0.2, 0.25) is 23.0 Å². The van der Waals surface area contributed by atoms with Crippen LogP contribution in [-0.4, -0.2) is 67.9 Å². The van der Waals surface area contributed by atoms with Gasteiger partial charge in [0.25, 0.3) is 0 Å². The number of hydrogen-bond donors (Lipinski definition) is 3. The number of anilines is 1. The first-order valence-electron chi connectivity index (χ1n) is 15.2. The first-order valence-corrected chi connectivity index (χ1v) is 15.2. The minimum Gasteiger partial charge on any atom is -0.493 e. The molecular weight excluding hydrogens is 550 g/mol. The summed E-state index contributed by atoms with van der Waals surface area (Å²) in [5, 5.41) is 17.2. The summed E-state index contributed by atoms with van der Waals surface area (Å²) in [7, 11) is 4.67. The molecule has 1 saturated carbocycles. The number of methoxy groups -OCH3 is 3. The molecule has 4 atom stereocenters. The lowest BCUT2D eigenvalue weighted by atomic mass is 9.71. The van der Waals surface area contributed by atoms with Crippen molar-refractivity contribution < 1.29 is 28.9 Å². The van der Waals surface area contributed by atoms with E-state index in [9.17, 15) is 19.5 Å². The summed E-state index contributed by atoms with van der Waals surface area (Å²) in [6, 6.07) is 5.92. The summed E-state index contributed by atoms with van der Waals surface area (Å²) in [4.78, 5) is 41.2. The van der Waals surface area contributed by atoms with Crippen molar-refractivity contribution in [1.82, 2.24) is 10.2 Å². The van der Waals surface area contributed by atoms with Crippen molar-refractivity contribution >= 4 is 17.5 Å². The number of nitrogens with one attached hydrogen (secondary N) is 2. The third kappa shape index (κ3) is 5.89. The zero-order chi connectivity index (χ0) is 30.9. The van der Waals surface area contributed by atoms with Gasteiger partial charge in [0, 0.05) is 31.5 Å². The molecule has 0 aromatic heterocycles. The number of benzene rings is 1. The summed E-state index contributed by atoms with van der Waals surface area (Å²) < 4.78 is 17.1. The average Bonchev–Trinajstić information content (AvgIpc) is 3.23. The number of fused-ring (bicyclic) bond motifs is 4. The Morgan fingerprint density at radius 3 is 2.51 bits per heavy atom. The highest BCUT2D eigenvalue weighted by atomic mass is 16.5. The van der Waals surface area contributed by atoms with E-state index in [1.807, 2.05) is 17.0 Å². The zero-order valence-electron chi connectivity index (χ0n) is 25.7. The van der Waals surface area contributed by atoms with Crippen molar-refractivity contribution in [2.45, 2.75) is 76.5 Å². The Hall–Kier alpha value is -3.79. The molecule has 2 fully saturated rings. The standard InChI is InChI=1S/C33H43N3O7/c1-19(32(39)36-15-14-33(40)13-7-6-8-22(33)18-36)34-26-12-10-23-24(17-27(26)38)25(35-20(2)37)11-9-21-16-28(41-3)30(42-4)31(43-5)29(21)23/h10,12,16-17,19,22,25,40H,6-9,11,13-15,18H2,1-5H3,(H,34,38)(H,35,37)/t19-,22?,25-,33?/m0/s1. The summed E-state index contributed by atoms with van der Waals surface area (Å²) in [6.07, 6.45) is 5.55. The van der Waals surface area contributed by atoms with Gasteiger partial charge in [0.15, 0.2) is 11.5 Å². The minimum absolute atomic E-state index is 0.0859. The molecule has 0 radical (unpaired) electrons. The lowest BCUT2D eigenvalue weighted by Gasteiger charge is -2.47. The third-order valence-electron chi connectivity index (χ3n) is 9.40. The Balaban J connectivity index is 1.51. The number of ether oxygens (including phenoxy) is 3. The quantitative estimate of drug-likeness (QED) is 0.443. The van der Waals surface area contributed by atoms with Gasteiger partial charge in [0.1, 0.15) is 6.04 Å². The zero-order valence-corrected chi connectivity index (χ0v) is 25.7. The molecule has 10 heteroatoms. The lowest BCUT2D eigenvalue weighted by molar-refractivity contribution is -0.143. The van der Waals surface area contributed by atoms with E-state index in [0.717, 1.165) is 42.4 Å². The number of likely N-dealkylation sites (tertiary alicyclic amines) is 1. The molecule has 5 rings (SSSR count). The highest BCUT2D eigenvalue weighted by Gasteiger charge is 2.44. The highest BCUT2D eigenvalue weighted by molar-refractivity contribution is 5.86. The van der Waals surface area contributed by atoms with E-state index < -0.39 is 17.7 Å². The van der Waals surface area contributed by atoms with Gasteiger partial charge in [-0.15, -0.1) is 0 Å². The van der Waals surface area contributed by atoms with E-state index in [1.54, 1.807) is 40.4 Å². The monoisotopic (exact) mass is 593 g/mol. The molecule has 2 amide bonds. The average molecular weight is 594 g/mol. The molecular formula is C33H43N3O7. The molecule has 0 spiro atoms. The van der Waals surface area contributed by atoms with Crippen LogP contribution >= 0.6 is 0 Å². The second kappa shape index (κ2) is 12.4. The number of amides is 2. The van der Waals surface area contributed by atoms with E-state index >= 15 is 0 Å². The van der Waals surface area contributed by atoms with Crippen molar-refractivity contribution in [1.29, 1.82) is 0 Å². The fourth-order valence-corrected chi connectivity index (χ4v) is 7.17. The molecule has 0 bridgehead atoms. The van der Waals surface area contributed by atoms with Crippen molar-refractivity contribution in [3.63, 3.8) is 0 Å². The number of nitrogens with zero attached hydrogens (tertiary/aromatic N) is 1. The number of aryl methyl sites for hydroxylation is 1. The van der Waals surface area contributed by atoms with Crippen LogP contribution in [0, 0.1) is 5.92 Å². The van der Waals surface area contributed by atoms with E-state index in [4.69, 9.17) is 14.2 Å². The maximum Gasteiger partial charge on any atom is 0.244 e. The maximum atomic E-state index is 13.7. The number of hydrogen-bond acceptors (Lipinski definition) is 8. The van der Waals surface area contributed by atoms with Crippen LogP contribution in [0.15, 0.2) is 29.1 Å². The predicted octanol–water partition coefficient (Wildman–Crippen LogP) is 3.82. The first kappa shape index (κ1) is 30.7. The minimum atomic E-state index is -0.673. The SMILES string of the molecule is COc1cc2c(c(OC)c1OC)-c1ccc(N[C@@H](C)C(=O)N3CCC4(O)CCCCC4C3)c(=O)cc1[C@@H](NC(C)=O)CC2. The Morgan fingerprint density at radius 2 is 1.81 bits per heavy atom. The van der Waals surface area contributed by atoms with Crippen LogP contribution in [0.3, 0.4) is 0 Å². The number of piperidine rings is 1. The van der Waals surface area contributed by atoms with E-state index in [0.29, 0.717) is 55.2 Å². The smallest absolute Gasteiger partial charge is 0.244 e. The number of aliphatic hydroxyl groups is 1. The molecule has 2 aliphatic carbocycles. The Kier molecular flexibility index (Phi) is 8.87. The molecule has 2 unspecified atom stereocenters. The third-order valence-corrected chi connectivity index (χ3v) is 9.40. The van der Waals surface area contributed by atoms with Crippen LogP contribution in [0.5, 0.6) is 17.2 Å². The van der Waals surface area contributed by atoms with Gasteiger partial charge in [-0.1, -0.05) is 18.9 Å². The van der Waals surface area contributed by atoms with Crippen LogP contribution in [0.4, 0.5) is 5.69 Å². The molecule has 1 saturated heterocycles. The Labute approximate surface area is 252 Å². The van der Waals surface area contributed by atoms with Gasteiger partial charge in [-0.3, -0.25) is 14.4 Å². The normalized spacial score (nSPS) is 23.4. The van der Waals surface area contributed by atoms with Crippen molar-refractivity contribution in [2.24, 2.45) is 5.92 Å². The summed E-state index contributed by atoms with van der Waals surface area (Å²) in [5.41, 5.74) is 2.40. The van der Waals surface area contributed by atoms with Crippen LogP contribution in [0.1, 0.15) is 69.5 Å². The molecule has 2 aromatic rings. The van der Waals surface area contributed by atoms with E-state index in [1.165, 1.54) is 6.92 Å². The topological polar surface area (TPSA) is 126 Å². The summed E-state index contributed by atoms with van der Waals surface area (Å²) in [6.45, 7) is 4.25. The number of carbonyl (C=O) groups excluding carboxylic acids is 2.